The second-order valence-electron chi connectivity index (χ2n) is 7.23. The van der Waals surface area contributed by atoms with Crippen LogP contribution in [0.4, 0.5) is 0 Å². The molecular weight excluding hydrogens is 412 g/mol. The number of benzene rings is 2. The smallest absolute Gasteiger partial charge is 0.337 e. The number of carbonyl (C=O) groups excluding carboxylic acids is 1. The van der Waals surface area contributed by atoms with Crippen LogP contribution >= 0.6 is 11.6 Å². The van der Waals surface area contributed by atoms with Gasteiger partial charge >= 0.3 is 5.97 Å². The van der Waals surface area contributed by atoms with E-state index in [1.807, 2.05) is 12.1 Å². The first-order chi connectivity index (χ1) is 13.8. The summed E-state index contributed by atoms with van der Waals surface area (Å²) in [4.78, 5) is 13.9. The Kier molecular flexibility index (Phi) is 6.95. The molecule has 1 heterocycles. The molecule has 1 N–H and O–H groups in total. The Morgan fingerprint density at radius 2 is 1.90 bits per heavy atom. The molecule has 0 atom stereocenters. The number of esters is 1. The topological polar surface area (TPSA) is 75.7 Å². The third-order valence-corrected chi connectivity index (χ3v) is 7.21. The van der Waals surface area contributed by atoms with E-state index in [4.69, 9.17) is 11.6 Å². The number of hydrogen-bond acceptors (Lipinski definition) is 5. The van der Waals surface area contributed by atoms with Gasteiger partial charge in [0, 0.05) is 25.7 Å². The summed E-state index contributed by atoms with van der Waals surface area (Å²) < 4.78 is 32.9. The maximum Gasteiger partial charge on any atom is 0.337 e. The Bertz CT molecular complexity index is 986. The first-order valence-corrected chi connectivity index (χ1v) is 11.3. The van der Waals surface area contributed by atoms with Crippen LogP contribution < -0.4 is 4.72 Å². The molecule has 1 saturated heterocycles. The van der Waals surface area contributed by atoms with Crippen molar-refractivity contribution >= 4 is 27.6 Å². The minimum Gasteiger partial charge on any atom is -0.465 e. The van der Waals surface area contributed by atoms with Crippen molar-refractivity contribution in [2.24, 2.45) is 0 Å². The summed E-state index contributed by atoms with van der Waals surface area (Å²) in [5.74, 6) is -0.565. The van der Waals surface area contributed by atoms with E-state index in [-0.39, 0.29) is 21.5 Å². The molecule has 8 heteroatoms. The highest BCUT2D eigenvalue weighted by Crippen LogP contribution is 2.24. The van der Waals surface area contributed by atoms with Crippen LogP contribution in [-0.4, -0.2) is 45.5 Å². The fourth-order valence-electron chi connectivity index (χ4n) is 3.48. The van der Waals surface area contributed by atoms with E-state index in [0.29, 0.717) is 0 Å². The van der Waals surface area contributed by atoms with Gasteiger partial charge in [0.15, 0.2) is 0 Å². The second-order valence-corrected chi connectivity index (χ2v) is 9.32. The molecular formula is C21H25ClN2O4S. The first kappa shape index (κ1) is 21.8. The number of likely N-dealkylation sites (tertiary alicyclic amines) is 1. The van der Waals surface area contributed by atoms with Crippen LogP contribution in [0.25, 0.3) is 0 Å². The van der Waals surface area contributed by atoms with Gasteiger partial charge < -0.3 is 4.74 Å². The molecule has 156 valence electrons. The fourth-order valence-corrected chi connectivity index (χ4v) is 5.33. The van der Waals surface area contributed by atoms with Crippen LogP contribution in [0.1, 0.15) is 34.3 Å². The average molecular weight is 437 g/mol. The fraction of sp³-hybridized carbons (Fsp3) is 0.381. The van der Waals surface area contributed by atoms with E-state index < -0.39 is 16.0 Å². The molecule has 3 rings (SSSR count). The molecule has 0 aliphatic carbocycles. The lowest BCUT2D eigenvalue weighted by Gasteiger charge is -2.32. The highest BCUT2D eigenvalue weighted by molar-refractivity contribution is 7.89. The summed E-state index contributed by atoms with van der Waals surface area (Å²) in [6, 6.07) is 12.2. The average Bonchev–Trinajstić information content (AvgIpc) is 2.70. The lowest BCUT2D eigenvalue weighted by molar-refractivity contribution is 0.0600. The summed E-state index contributed by atoms with van der Waals surface area (Å²) in [6.07, 6.45) is 1.45. The van der Waals surface area contributed by atoms with Gasteiger partial charge in [-0.2, -0.15) is 0 Å². The van der Waals surface area contributed by atoms with Crippen molar-refractivity contribution in [3.63, 3.8) is 0 Å². The molecule has 0 bridgehead atoms. The summed E-state index contributed by atoms with van der Waals surface area (Å²) >= 11 is 6.13. The van der Waals surface area contributed by atoms with Gasteiger partial charge in [-0.05, 0) is 49.1 Å². The minimum atomic E-state index is -3.78. The largest absolute Gasteiger partial charge is 0.465 e. The highest BCUT2D eigenvalue weighted by atomic mass is 35.5. The Morgan fingerprint density at radius 1 is 1.21 bits per heavy atom. The number of nitrogens with zero attached hydrogens (tertiary/aromatic N) is 1. The Labute approximate surface area is 176 Å². The van der Waals surface area contributed by atoms with Gasteiger partial charge in [-0.1, -0.05) is 35.9 Å². The molecule has 1 aliphatic heterocycles. The lowest BCUT2D eigenvalue weighted by Crippen LogP contribution is -2.44. The number of piperidine rings is 1. The number of methoxy groups -OCH3 is 1. The molecule has 0 aromatic heterocycles. The molecule has 6 nitrogen and oxygen atoms in total. The molecule has 0 saturated carbocycles. The Balaban J connectivity index is 1.61. The van der Waals surface area contributed by atoms with Gasteiger partial charge in [-0.15, -0.1) is 0 Å². The predicted molar refractivity (Wildman–Crippen MR) is 113 cm³/mol. The summed E-state index contributed by atoms with van der Waals surface area (Å²) in [6.45, 7) is 4.60. The molecule has 2 aromatic carbocycles. The highest BCUT2D eigenvalue weighted by Gasteiger charge is 2.26. The zero-order valence-electron chi connectivity index (χ0n) is 16.5. The number of hydrogen-bond donors (Lipinski definition) is 1. The van der Waals surface area contributed by atoms with Crippen LogP contribution in [0.3, 0.4) is 0 Å². The van der Waals surface area contributed by atoms with Crippen molar-refractivity contribution in [1.29, 1.82) is 0 Å². The molecule has 0 radical (unpaired) electrons. The van der Waals surface area contributed by atoms with Crippen molar-refractivity contribution in [2.45, 2.75) is 37.2 Å². The lowest BCUT2D eigenvalue weighted by atomic mass is 10.0. The number of carbonyl (C=O) groups is 1. The maximum absolute atomic E-state index is 12.8. The van der Waals surface area contributed by atoms with E-state index >= 15 is 0 Å². The normalized spacial score (nSPS) is 16.0. The Hall–Kier alpha value is -1.93. The van der Waals surface area contributed by atoms with Crippen molar-refractivity contribution in [2.75, 3.05) is 20.2 Å². The van der Waals surface area contributed by atoms with Crippen molar-refractivity contribution in [1.82, 2.24) is 9.62 Å². The predicted octanol–water partition coefficient (Wildman–Crippen LogP) is 3.38. The molecule has 1 fully saturated rings. The zero-order valence-corrected chi connectivity index (χ0v) is 18.1. The summed E-state index contributed by atoms with van der Waals surface area (Å²) in [5, 5.41) is -0.00242. The number of nitrogens with one attached hydrogen (secondary N) is 1. The number of sulfonamides is 1. The molecule has 0 unspecified atom stereocenters. The summed E-state index contributed by atoms with van der Waals surface area (Å²) in [7, 11) is -2.52. The SMILES string of the molecule is COC(=O)c1ccc(S(=O)(=O)NC2CCN(Cc3ccccc3C)CC2)c(Cl)c1. The zero-order chi connectivity index (χ0) is 21.0. The molecule has 0 spiro atoms. The quantitative estimate of drug-likeness (QED) is 0.702. The number of halogens is 1. The number of aryl methyl sites for hydroxylation is 1. The van der Waals surface area contributed by atoms with Gasteiger partial charge in [0.2, 0.25) is 10.0 Å². The third-order valence-electron chi connectivity index (χ3n) is 5.21. The van der Waals surface area contributed by atoms with E-state index in [2.05, 4.69) is 33.4 Å². The molecule has 0 amide bonds. The van der Waals surface area contributed by atoms with Crippen LogP contribution in [0.2, 0.25) is 5.02 Å². The number of ether oxygens (including phenoxy) is 1. The van der Waals surface area contributed by atoms with E-state index in [1.165, 1.54) is 36.4 Å². The monoisotopic (exact) mass is 436 g/mol. The van der Waals surface area contributed by atoms with E-state index in [9.17, 15) is 13.2 Å². The minimum absolute atomic E-state index is 0.00242. The second kappa shape index (κ2) is 9.26. The maximum atomic E-state index is 12.8. The van der Waals surface area contributed by atoms with Gasteiger partial charge in [0.05, 0.1) is 17.7 Å². The van der Waals surface area contributed by atoms with Gasteiger partial charge in [0.1, 0.15) is 4.90 Å². The molecule has 1 aliphatic rings. The van der Waals surface area contributed by atoms with Crippen LogP contribution in [-0.2, 0) is 21.3 Å². The third kappa shape index (κ3) is 5.36. The first-order valence-electron chi connectivity index (χ1n) is 9.47. The van der Waals surface area contributed by atoms with Crippen LogP contribution in [0.15, 0.2) is 47.4 Å². The number of rotatable bonds is 6. The van der Waals surface area contributed by atoms with Crippen LogP contribution in [0.5, 0.6) is 0 Å². The van der Waals surface area contributed by atoms with Crippen molar-refractivity contribution in [3.05, 3.63) is 64.2 Å². The van der Waals surface area contributed by atoms with Gasteiger partial charge in [-0.3, -0.25) is 4.90 Å². The molecule has 2 aromatic rings. The summed E-state index contributed by atoms with van der Waals surface area (Å²) in [5.41, 5.74) is 2.77. The molecule has 29 heavy (non-hydrogen) atoms. The van der Waals surface area contributed by atoms with Crippen molar-refractivity contribution < 1.29 is 17.9 Å². The van der Waals surface area contributed by atoms with E-state index in [1.54, 1.807) is 0 Å². The van der Waals surface area contributed by atoms with Gasteiger partial charge in [0.25, 0.3) is 0 Å². The Morgan fingerprint density at radius 3 is 2.52 bits per heavy atom. The van der Waals surface area contributed by atoms with Crippen molar-refractivity contribution in [3.8, 4) is 0 Å². The van der Waals surface area contributed by atoms with E-state index in [0.717, 1.165) is 32.5 Å². The standard InChI is InChI=1S/C21H25ClN2O4S/c1-15-5-3-4-6-17(15)14-24-11-9-18(10-12-24)23-29(26,27)20-8-7-16(13-19(20)22)21(25)28-2/h3-8,13,18,23H,9-12,14H2,1-2H3. The van der Waals surface area contributed by atoms with Gasteiger partial charge in [-0.25, -0.2) is 17.9 Å². The van der Waals surface area contributed by atoms with Crippen LogP contribution in [0, 0.1) is 6.92 Å².